The monoisotopic (exact) mass is 450 g/mol. The van der Waals surface area contributed by atoms with Gasteiger partial charge in [-0.15, -0.1) is 0 Å². The van der Waals surface area contributed by atoms with Crippen LogP contribution in [0.2, 0.25) is 0 Å². The van der Waals surface area contributed by atoms with Crippen molar-refractivity contribution >= 4 is 10.0 Å². The van der Waals surface area contributed by atoms with Crippen LogP contribution in [-0.4, -0.2) is 19.4 Å². The fourth-order valence-corrected chi connectivity index (χ4v) is 5.90. The topological polar surface area (TPSA) is 89.3 Å². The van der Waals surface area contributed by atoms with Crippen molar-refractivity contribution in [1.29, 1.82) is 0 Å². The number of aryl methyl sites for hydroxylation is 3. The Morgan fingerprint density at radius 1 is 0.938 bits per heavy atom. The molecule has 0 radical (unpaired) electrons. The van der Waals surface area contributed by atoms with Crippen LogP contribution < -0.4 is 4.72 Å². The molecule has 0 aromatic heterocycles. The van der Waals surface area contributed by atoms with Crippen LogP contribution in [0.1, 0.15) is 46.2 Å². The molecular weight excluding hydrogens is 424 g/mol. The highest BCUT2D eigenvalue weighted by atomic mass is 32.2. The van der Waals surface area contributed by atoms with E-state index in [0.29, 0.717) is 12.8 Å². The smallest absolute Gasteiger partial charge is 0.241 e. The molecule has 4 rings (SSSR count). The molecule has 0 saturated heterocycles. The molecule has 1 aliphatic rings. The summed E-state index contributed by atoms with van der Waals surface area (Å²) in [6.07, 6.45) is 1.25. The average molecular weight is 451 g/mol. The van der Waals surface area contributed by atoms with Crippen LogP contribution in [0.5, 0.6) is 0 Å². The standard InChI is InChI=1S/C25H26N2O4S/c1-17-11-14-20(15-12-17)32(30,31)26-24-23-18(2)7-6-10-21(23)22(25(24)27(28)29)16-13-19-8-4-3-5-9-19/h3-12,14-15,22,24-26H,13,16H2,1-2H3. The third kappa shape index (κ3) is 4.31. The number of hydrogen-bond acceptors (Lipinski definition) is 4. The molecule has 7 heteroatoms. The van der Waals surface area contributed by atoms with Crippen LogP contribution in [0, 0.1) is 24.0 Å². The van der Waals surface area contributed by atoms with Crippen LogP contribution in [0.15, 0.2) is 77.7 Å². The van der Waals surface area contributed by atoms with E-state index in [-0.39, 0.29) is 15.7 Å². The molecule has 0 aliphatic heterocycles. The van der Waals surface area contributed by atoms with E-state index < -0.39 is 22.1 Å². The van der Waals surface area contributed by atoms with Crippen molar-refractivity contribution in [2.45, 2.75) is 49.6 Å². The van der Waals surface area contributed by atoms with E-state index in [4.69, 9.17) is 0 Å². The molecular formula is C25H26N2O4S. The summed E-state index contributed by atoms with van der Waals surface area (Å²) in [6, 6.07) is 20.0. The van der Waals surface area contributed by atoms with Crippen LogP contribution in [0.3, 0.4) is 0 Å². The lowest BCUT2D eigenvalue weighted by Gasteiger charge is -2.20. The first kappa shape index (κ1) is 22.2. The summed E-state index contributed by atoms with van der Waals surface area (Å²) in [4.78, 5) is 12.0. The minimum Gasteiger partial charge on any atom is -0.264 e. The first-order chi connectivity index (χ1) is 15.3. The summed E-state index contributed by atoms with van der Waals surface area (Å²) >= 11 is 0. The third-order valence-corrected chi connectivity index (χ3v) is 7.72. The Bertz CT molecular complexity index is 1220. The Morgan fingerprint density at radius 3 is 2.28 bits per heavy atom. The van der Waals surface area contributed by atoms with Crippen molar-refractivity contribution in [1.82, 2.24) is 4.72 Å². The number of nitro groups is 1. The third-order valence-electron chi connectivity index (χ3n) is 6.27. The van der Waals surface area contributed by atoms with Gasteiger partial charge in [0.15, 0.2) is 0 Å². The fraction of sp³-hybridized carbons (Fsp3) is 0.280. The Labute approximate surface area is 188 Å². The number of benzene rings is 3. The molecule has 3 unspecified atom stereocenters. The second-order valence-electron chi connectivity index (χ2n) is 8.40. The number of nitrogens with zero attached hydrogens (tertiary/aromatic N) is 1. The molecule has 0 heterocycles. The molecule has 166 valence electrons. The first-order valence-corrected chi connectivity index (χ1v) is 12.1. The van der Waals surface area contributed by atoms with Crippen molar-refractivity contribution in [2.24, 2.45) is 0 Å². The van der Waals surface area contributed by atoms with Gasteiger partial charge < -0.3 is 0 Å². The molecule has 3 atom stereocenters. The zero-order valence-electron chi connectivity index (χ0n) is 18.1. The number of nitrogens with one attached hydrogen (secondary N) is 1. The van der Waals surface area contributed by atoms with Gasteiger partial charge >= 0.3 is 0 Å². The van der Waals surface area contributed by atoms with Gasteiger partial charge in [0.25, 0.3) is 0 Å². The normalized spacial score (nSPS) is 20.1. The van der Waals surface area contributed by atoms with E-state index >= 15 is 0 Å². The summed E-state index contributed by atoms with van der Waals surface area (Å²) in [5, 5.41) is 12.3. The lowest BCUT2D eigenvalue weighted by atomic mass is 9.91. The minimum atomic E-state index is -3.93. The molecule has 1 aliphatic carbocycles. The molecule has 0 saturated carbocycles. The summed E-state index contributed by atoms with van der Waals surface area (Å²) in [5.41, 5.74) is 4.48. The van der Waals surface area contributed by atoms with Crippen molar-refractivity contribution in [2.75, 3.05) is 0 Å². The highest BCUT2D eigenvalue weighted by molar-refractivity contribution is 7.89. The van der Waals surface area contributed by atoms with Crippen LogP contribution >= 0.6 is 0 Å². The second kappa shape index (κ2) is 8.84. The van der Waals surface area contributed by atoms with Gasteiger partial charge in [0.1, 0.15) is 6.04 Å². The fourth-order valence-electron chi connectivity index (χ4n) is 4.68. The quantitative estimate of drug-likeness (QED) is 0.417. The summed E-state index contributed by atoms with van der Waals surface area (Å²) in [5.74, 6) is -0.383. The number of hydrogen-bond donors (Lipinski definition) is 1. The maximum Gasteiger partial charge on any atom is 0.241 e. The van der Waals surface area contributed by atoms with Gasteiger partial charge in [-0.05, 0) is 61.1 Å². The summed E-state index contributed by atoms with van der Waals surface area (Å²) in [6.45, 7) is 3.75. The molecule has 3 aromatic rings. The van der Waals surface area contributed by atoms with Crippen molar-refractivity contribution < 1.29 is 13.3 Å². The van der Waals surface area contributed by atoms with Gasteiger partial charge in [0.2, 0.25) is 16.1 Å². The van der Waals surface area contributed by atoms with E-state index in [2.05, 4.69) is 4.72 Å². The zero-order chi connectivity index (χ0) is 22.9. The molecule has 0 fully saturated rings. The van der Waals surface area contributed by atoms with E-state index in [1.807, 2.05) is 62.4 Å². The Hall–Kier alpha value is -3.03. The molecule has 3 aromatic carbocycles. The highest BCUT2D eigenvalue weighted by Gasteiger charge is 2.50. The van der Waals surface area contributed by atoms with Crippen LogP contribution in [0.4, 0.5) is 0 Å². The highest BCUT2D eigenvalue weighted by Crippen LogP contribution is 2.46. The van der Waals surface area contributed by atoms with E-state index in [1.54, 1.807) is 12.1 Å². The van der Waals surface area contributed by atoms with Gasteiger partial charge in [-0.1, -0.05) is 66.2 Å². The lowest BCUT2D eigenvalue weighted by molar-refractivity contribution is -0.529. The maximum atomic E-state index is 13.1. The van der Waals surface area contributed by atoms with Gasteiger partial charge in [-0.25, -0.2) is 8.42 Å². The molecule has 0 amide bonds. The number of sulfonamides is 1. The average Bonchev–Trinajstić information content (AvgIpc) is 3.07. The van der Waals surface area contributed by atoms with Crippen molar-refractivity contribution in [3.63, 3.8) is 0 Å². The second-order valence-corrected chi connectivity index (χ2v) is 10.1. The predicted octanol–water partition coefficient (Wildman–Crippen LogP) is 4.70. The van der Waals surface area contributed by atoms with E-state index in [0.717, 1.165) is 27.8 Å². The van der Waals surface area contributed by atoms with Gasteiger partial charge in [0.05, 0.1) is 10.8 Å². The number of rotatable bonds is 7. The van der Waals surface area contributed by atoms with Crippen molar-refractivity contribution in [3.05, 3.63) is 111 Å². The van der Waals surface area contributed by atoms with E-state index in [9.17, 15) is 18.5 Å². The molecule has 6 nitrogen and oxygen atoms in total. The molecule has 0 bridgehead atoms. The first-order valence-electron chi connectivity index (χ1n) is 10.6. The largest absolute Gasteiger partial charge is 0.264 e. The van der Waals surface area contributed by atoms with Crippen LogP contribution in [-0.2, 0) is 16.4 Å². The van der Waals surface area contributed by atoms with Crippen LogP contribution in [0.25, 0.3) is 0 Å². The van der Waals surface area contributed by atoms with Gasteiger partial charge in [0, 0.05) is 4.92 Å². The van der Waals surface area contributed by atoms with Gasteiger partial charge in [-0.3, -0.25) is 10.1 Å². The molecule has 32 heavy (non-hydrogen) atoms. The molecule has 0 spiro atoms. The van der Waals surface area contributed by atoms with E-state index in [1.165, 1.54) is 12.1 Å². The Kier molecular flexibility index (Phi) is 6.13. The SMILES string of the molecule is Cc1ccc(S(=O)(=O)NC2c3c(C)cccc3C(CCc3ccccc3)C2[N+](=O)[O-])cc1. The summed E-state index contributed by atoms with van der Waals surface area (Å²) in [7, 11) is -3.93. The lowest BCUT2D eigenvalue weighted by Crippen LogP contribution is -2.39. The minimum absolute atomic E-state index is 0.105. The maximum absolute atomic E-state index is 13.1. The Morgan fingerprint density at radius 2 is 1.62 bits per heavy atom. The predicted molar refractivity (Wildman–Crippen MR) is 124 cm³/mol. The summed E-state index contributed by atoms with van der Waals surface area (Å²) < 4.78 is 29.0. The molecule has 1 N–H and O–H groups in total. The van der Waals surface area contributed by atoms with Gasteiger partial charge in [-0.2, -0.15) is 4.72 Å². The zero-order valence-corrected chi connectivity index (χ0v) is 18.9. The Balaban J connectivity index is 1.71. The number of fused-ring (bicyclic) bond motifs is 1. The van der Waals surface area contributed by atoms with Crippen molar-refractivity contribution in [3.8, 4) is 0 Å².